The van der Waals surface area contributed by atoms with E-state index in [9.17, 15) is 4.79 Å². The molecular formula is C22H36N2O6. The molecule has 1 aromatic carbocycles. The number of nitrogens with one attached hydrogen (secondary N) is 1. The minimum absolute atomic E-state index is 0.000835. The van der Waals surface area contributed by atoms with E-state index >= 15 is 0 Å². The second-order valence-corrected chi connectivity index (χ2v) is 6.52. The Morgan fingerprint density at radius 2 is 1.40 bits per heavy atom. The summed E-state index contributed by atoms with van der Waals surface area (Å²) in [6.07, 6.45) is 0.386. The number of carbonyl (C=O) groups excluding carboxylic acids is 1. The lowest BCUT2D eigenvalue weighted by Gasteiger charge is -2.08. The Bertz CT molecular complexity index is 570. The summed E-state index contributed by atoms with van der Waals surface area (Å²) in [6.45, 7) is 11.7. The van der Waals surface area contributed by atoms with Gasteiger partial charge in [0.05, 0.1) is 79.0 Å². The van der Waals surface area contributed by atoms with Crippen molar-refractivity contribution >= 4 is 12.6 Å². The van der Waals surface area contributed by atoms with Crippen LogP contribution in [0.2, 0.25) is 0 Å². The predicted octanol–water partition coefficient (Wildman–Crippen LogP) is 1.44. The molecule has 1 rings (SSSR count). The maximum atomic E-state index is 11.9. The van der Waals surface area contributed by atoms with E-state index in [4.69, 9.17) is 23.7 Å². The number of nitrogens with zero attached hydrogens (tertiary/aromatic N) is 1. The van der Waals surface area contributed by atoms with Gasteiger partial charge in [-0.1, -0.05) is 29.8 Å². The molecule has 0 spiro atoms. The lowest BCUT2D eigenvalue weighted by Crippen LogP contribution is -2.29. The molecule has 0 saturated heterocycles. The molecule has 0 atom stereocenters. The Labute approximate surface area is 179 Å². The zero-order valence-corrected chi connectivity index (χ0v) is 18.1. The van der Waals surface area contributed by atoms with Crippen molar-refractivity contribution in [3.63, 3.8) is 0 Å². The molecule has 0 unspecified atom stereocenters. The molecule has 0 aliphatic carbocycles. The second kappa shape index (κ2) is 19.1. The summed E-state index contributed by atoms with van der Waals surface area (Å²) in [5.74, 6) is -0.000835. The van der Waals surface area contributed by atoms with Crippen LogP contribution in [0.3, 0.4) is 0 Å². The van der Waals surface area contributed by atoms with Gasteiger partial charge in [0.25, 0.3) is 0 Å². The van der Waals surface area contributed by atoms with Crippen molar-refractivity contribution in [3.8, 4) is 0 Å². The first-order valence-corrected chi connectivity index (χ1v) is 10.4. The summed E-state index contributed by atoms with van der Waals surface area (Å²) in [6, 6.07) is 7.95. The van der Waals surface area contributed by atoms with Crippen LogP contribution in [0.4, 0.5) is 0 Å². The summed E-state index contributed by atoms with van der Waals surface area (Å²) in [7, 11) is 0. The number of benzene rings is 1. The van der Waals surface area contributed by atoms with Crippen molar-refractivity contribution < 1.29 is 28.5 Å². The molecule has 0 radical (unpaired) electrons. The topological polar surface area (TPSA) is 87.6 Å². The van der Waals surface area contributed by atoms with Gasteiger partial charge in [0.1, 0.15) is 0 Å². The van der Waals surface area contributed by atoms with Gasteiger partial charge in [0.15, 0.2) is 0 Å². The Hall–Kier alpha value is -1.84. The fourth-order valence-corrected chi connectivity index (χ4v) is 2.44. The fourth-order valence-electron chi connectivity index (χ4n) is 2.44. The molecule has 1 N–H and O–H groups in total. The summed E-state index contributed by atoms with van der Waals surface area (Å²) in [5, 5.41) is 2.85. The molecule has 1 aromatic rings. The number of hydrogen-bond donors (Lipinski definition) is 1. The van der Waals surface area contributed by atoms with E-state index in [0.717, 1.165) is 11.1 Å². The molecule has 0 aromatic heterocycles. The minimum atomic E-state index is -0.000835. The molecule has 0 heterocycles. The number of amides is 1. The highest BCUT2D eigenvalue weighted by molar-refractivity contribution is 5.78. The lowest BCUT2D eigenvalue weighted by atomic mass is 10.1. The highest BCUT2D eigenvalue weighted by Crippen LogP contribution is 2.04. The first-order chi connectivity index (χ1) is 14.7. The van der Waals surface area contributed by atoms with Gasteiger partial charge in [0.2, 0.25) is 5.91 Å². The molecule has 8 heteroatoms. The first kappa shape index (κ1) is 26.2. The van der Waals surface area contributed by atoms with Gasteiger partial charge in [-0.3, -0.25) is 9.79 Å². The minimum Gasteiger partial charge on any atom is -0.377 e. The van der Waals surface area contributed by atoms with E-state index in [-0.39, 0.29) is 5.91 Å². The van der Waals surface area contributed by atoms with Crippen LogP contribution in [-0.4, -0.2) is 91.8 Å². The van der Waals surface area contributed by atoms with Crippen LogP contribution in [0, 0.1) is 6.92 Å². The third kappa shape index (κ3) is 16.0. The van der Waals surface area contributed by atoms with Gasteiger partial charge in [-0.2, -0.15) is 0 Å². The molecule has 0 saturated carbocycles. The highest BCUT2D eigenvalue weighted by Gasteiger charge is 2.02. The van der Waals surface area contributed by atoms with Crippen molar-refractivity contribution in [3.05, 3.63) is 35.4 Å². The molecule has 0 aliphatic rings. The monoisotopic (exact) mass is 424 g/mol. The van der Waals surface area contributed by atoms with Crippen LogP contribution < -0.4 is 5.32 Å². The zero-order valence-electron chi connectivity index (χ0n) is 18.1. The second-order valence-electron chi connectivity index (χ2n) is 6.52. The quantitative estimate of drug-likeness (QED) is 0.252. The van der Waals surface area contributed by atoms with Gasteiger partial charge in [-0.05, 0) is 19.2 Å². The van der Waals surface area contributed by atoms with Gasteiger partial charge >= 0.3 is 0 Å². The fraction of sp³-hybridized carbons (Fsp3) is 0.636. The van der Waals surface area contributed by atoms with E-state index in [1.165, 1.54) is 0 Å². The number of carbonyl (C=O) groups is 1. The number of aliphatic imine (C=N–C) groups is 1. The Morgan fingerprint density at radius 3 is 1.93 bits per heavy atom. The third-order valence-electron chi connectivity index (χ3n) is 3.90. The van der Waals surface area contributed by atoms with E-state index in [1.807, 2.05) is 31.2 Å². The van der Waals surface area contributed by atoms with Crippen molar-refractivity contribution in [2.45, 2.75) is 13.3 Å². The molecule has 0 bridgehead atoms. The van der Waals surface area contributed by atoms with Crippen LogP contribution >= 0.6 is 0 Å². The summed E-state index contributed by atoms with van der Waals surface area (Å²) < 4.78 is 26.9. The van der Waals surface area contributed by atoms with E-state index in [1.54, 1.807) is 0 Å². The number of ether oxygens (including phenoxy) is 5. The average molecular weight is 425 g/mol. The number of rotatable bonds is 20. The molecule has 30 heavy (non-hydrogen) atoms. The normalized spacial score (nSPS) is 10.8. The summed E-state index contributed by atoms with van der Waals surface area (Å²) >= 11 is 0. The van der Waals surface area contributed by atoms with Crippen LogP contribution in [-0.2, 0) is 34.9 Å². The molecular weight excluding hydrogens is 388 g/mol. The maximum absolute atomic E-state index is 11.9. The van der Waals surface area contributed by atoms with Crippen LogP contribution in [0.15, 0.2) is 29.3 Å². The Balaban J connectivity index is 1.77. The standard InChI is InChI=1S/C22H36N2O6/c1-20-4-3-5-21(18-20)19-22(25)24-7-9-27-11-13-29-15-17-30-16-14-28-12-10-26-8-6-23-2/h3-5,18H,2,6-17,19H2,1H3,(H,24,25). The molecule has 8 nitrogen and oxygen atoms in total. The van der Waals surface area contributed by atoms with E-state index in [0.29, 0.717) is 85.6 Å². The smallest absolute Gasteiger partial charge is 0.224 e. The number of hydrogen-bond acceptors (Lipinski definition) is 7. The third-order valence-corrected chi connectivity index (χ3v) is 3.90. The maximum Gasteiger partial charge on any atom is 0.224 e. The Kier molecular flexibility index (Phi) is 16.7. The highest BCUT2D eigenvalue weighted by atomic mass is 16.6. The Morgan fingerprint density at radius 1 is 0.867 bits per heavy atom. The summed E-state index contributed by atoms with van der Waals surface area (Å²) in [4.78, 5) is 15.6. The van der Waals surface area contributed by atoms with Crippen LogP contribution in [0.25, 0.3) is 0 Å². The summed E-state index contributed by atoms with van der Waals surface area (Å²) in [5.41, 5.74) is 2.17. The molecule has 1 amide bonds. The van der Waals surface area contributed by atoms with Gasteiger partial charge in [-0.25, -0.2) is 0 Å². The van der Waals surface area contributed by atoms with Gasteiger partial charge in [0, 0.05) is 6.54 Å². The lowest BCUT2D eigenvalue weighted by molar-refractivity contribution is -0.120. The molecule has 0 aliphatic heterocycles. The first-order valence-electron chi connectivity index (χ1n) is 10.4. The van der Waals surface area contributed by atoms with Gasteiger partial charge in [-0.15, -0.1) is 0 Å². The van der Waals surface area contributed by atoms with E-state index < -0.39 is 0 Å². The van der Waals surface area contributed by atoms with Crippen molar-refractivity contribution in [1.82, 2.24) is 5.32 Å². The SMILES string of the molecule is C=NCCOCCOCCOCCOCCOCCNC(=O)Cc1cccc(C)c1. The van der Waals surface area contributed by atoms with Crippen LogP contribution in [0.1, 0.15) is 11.1 Å². The van der Waals surface area contributed by atoms with E-state index in [2.05, 4.69) is 17.0 Å². The molecule has 170 valence electrons. The van der Waals surface area contributed by atoms with Crippen molar-refractivity contribution in [2.75, 3.05) is 79.2 Å². The average Bonchev–Trinajstić information content (AvgIpc) is 2.73. The zero-order chi connectivity index (χ0) is 21.7. The predicted molar refractivity (Wildman–Crippen MR) is 116 cm³/mol. The van der Waals surface area contributed by atoms with Gasteiger partial charge < -0.3 is 29.0 Å². The van der Waals surface area contributed by atoms with Crippen molar-refractivity contribution in [1.29, 1.82) is 0 Å². The molecule has 0 fully saturated rings. The number of aryl methyl sites for hydroxylation is 1. The van der Waals surface area contributed by atoms with Crippen molar-refractivity contribution in [2.24, 2.45) is 4.99 Å². The van der Waals surface area contributed by atoms with Crippen LogP contribution in [0.5, 0.6) is 0 Å². The largest absolute Gasteiger partial charge is 0.377 e.